The van der Waals surface area contributed by atoms with Crippen LogP contribution >= 0.6 is 11.3 Å². The number of fused-ring (bicyclic) bond motifs is 1. The molecule has 9 heteroatoms. The fraction of sp³-hybridized carbons (Fsp3) is 0.222. The number of hydrogen-bond acceptors (Lipinski definition) is 8. The van der Waals surface area contributed by atoms with Gasteiger partial charge < -0.3 is 19.0 Å². The molecule has 2 aromatic heterocycles. The molecule has 8 nitrogen and oxygen atoms in total. The molecule has 184 valence electrons. The highest BCUT2D eigenvalue weighted by Gasteiger charge is 2.46. The van der Waals surface area contributed by atoms with E-state index in [0.717, 1.165) is 12.8 Å². The minimum absolute atomic E-state index is 0.00522. The summed E-state index contributed by atoms with van der Waals surface area (Å²) >= 11 is 1.24. The largest absolute Gasteiger partial charge is 0.503 e. The summed E-state index contributed by atoms with van der Waals surface area (Å²) in [5, 5.41) is 13.7. The molecule has 3 heterocycles. The average molecular weight is 505 g/mol. The topological polar surface area (TPSA) is 102 Å². The summed E-state index contributed by atoms with van der Waals surface area (Å²) in [4.78, 5) is 32.5. The summed E-state index contributed by atoms with van der Waals surface area (Å²) in [5.41, 5.74) is 0.963. The standard InChI is InChI=1S/C27H24N2O6S/c1-3-4-13-34-18-10-8-16(9-11-18)22-21(24(31)26(32)29(22)27-28-12-14-36-27)23(30)20-15-17-6-5-7-19(33-2)25(17)35-20/h5-12,14-15,22,31H,3-4,13H2,1-2H3. The Morgan fingerprint density at radius 2 is 2.03 bits per heavy atom. The number of benzene rings is 2. The van der Waals surface area contributed by atoms with Gasteiger partial charge in [-0.3, -0.25) is 14.5 Å². The number of aliphatic hydroxyl groups is 1. The van der Waals surface area contributed by atoms with Crippen LogP contribution in [0.2, 0.25) is 0 Å². The lowest BCUT2D eigenvalue weighted by molar-refractivity contribution is -0.117. The lowest BCUT2D eigenvalue weighted by Gasteiger charge is -2.24. The first-order chi connectivity index (χ1) is 17.5. The maximum atomic E-state index is 13.7. The van der Waals surface area contributed by atoms with Crippen LogP contribution < -0.4 is 14.4 Å². The van der Waals surface area contributed by atoms with E-state index in [1.165, 1.54) is 23.3 Å². The second-order valence-electron chi connectivity index (χ2n) is 8.24. The molecule has 0 bridgehead atoms. The molecule has 0 saturated heterocycles. The van der Waals surface area contributed by atoms with Gasteiger partial charge in [-0.1, -0.05) is 37.6 Å². The monoisotopic (exact) mass is 504 g/mol. The van der Waals surface area contributed by atoms with Crippen LogP contribution in [0.1, 0.15) is 41.9 Å². The molecular weight excluding hydrogens is 480 g/mol. The van der Waals surface area contributed by atoms with Gasteiger partial charge in [-0.25, -0.2) is 4.98 Å². The Labute approximate surface area is 211 Å². The van der Waals surface area contributed by atoms with Gasteiger partial charge in [-0.05, 0) is 36.2 Å². The maximum Gasteiger partial charge on any atom is 0.296 e. The average Bonchev–Trinajstić information content (AvgIpc) is 3.63. The Hall–Kier alpha value is -4.11. The van der Waals surface area contributed by atoms with Crippen LogP contribution in [-0.4, -0.2) is 35.5 Å². The number of ether oxygens (including phenoxy) is 2. The zero-order chi connectivity index (χ0) is 25.2. The Morgan fingerprint density at radius 3 is 2.72 bits per heavy atom. The van der Waals surface area contributed by atoms with E-state index in [0.29, 0.717) is 39.8 Å². The van der Waals surface area contributed by atoms with Gasteiger partial charge in [0.2, 0.25) is 5.78 Å². The van der Waals surface area contributed by atoms with Crippen molar-refractivity contribution in [3.8, 4) is 11.5 Å². The third kappa shape index (κ3) is 4.11. The molecule has 4 aromatic rings. The molecule has 0 aliphatic carbocycles. The predicted octanol–water partition coefficient (Wildman–Crippen LogP) is 5.86. The van der Waals surface area contributed by atoms with E-state index in [2.05, 4.69) is 11.9 Å². The van der Waals surface area contributed by atoms with Crippen molar-refractivity contribution in [2.75, 3.05) is 18.6 Å². The third-order valence-corrected chi connectivity index (χ3v) is 6.76. The molecule has 5 rings (SSSR count). The molecule has 2 aromatic carbocycles. The number of rotatable bonds is 9. The van der Waals surface area contributed by atoms with Crippen LogP contribution in [-0.2, 0) is 4.79 Å². The summed E-state index contributed by atoms with van der Waals surface area (Å²) < 4.78 is 16.9. The SMILES string of the molecule is CCCCOc1ccc(C2C(C(=O)c3cc4cccc(OC)c4o3)=C(O)C(=O)N2c2nccs2)cc1. The van der Waals surface area contributed by atoms with E-state index in [-0.39, 0.29) is 11.3 Å². The summed E-state index contributed by atoms with van der Waals surface area (Å²) in [5.74, 6) is -0.762. The van der Waals surface area contributed by atoms with Gasteiger partial charge in [-0.15, -0.1) is 11.3 Å². The van der Waals surface area contributed by atoms with Crippen LogP contribution in [0.4, 0.5) is 5.13 Å². The molecule has 36 heavy (non-hydrogen) atoms. The first-order valence-corrected chi connectivity index (χ1v) is 12.4. The quantitative estimate of drug-likeness (QED) is 0.225. The number of ketones is 1. The molecule has 1 amide bonds. The Bertz CT molecular complexity index is 1440. The van der Waals surface area contributed by atoms with Crippen LogP contribution in [0.15, 0.2) is 75.9 Å². The van der Waals surface area contributed by atoms with Crippen LogP contribution in [0.5, 0.6) is 11.5 Å². The number of anilines is 1. The molecule has 1 aliphatic heterocycles. The van der Waals surface area contributed by atoms with Gasteiger partial charge in [0, 0.05) is 17.0 Å². The second-order valence-corrected chi connectivity index (χ2v) is 9.12. The van der Waals surface area contributed by atoms with Crippen molar-refractivity contribution in [1.29, 1.82) is 0 Å². The molecule has 0 fully saturated rings. The number of para-hydroxylation sites is 1. The van der Waals surface area contributed by atoms with Crippen LogP contribution in [0.3, 0.4) is 0 Å². The number of nitrogens with zero attached hydrogens (tertiary/aromatic N) is 2. The van der Waals surface area contributed by atoms with E-state index < -0.39 is 23.5 Å². The highest BCUT2D eigenvalue weighted by molar-refractivity contribution is 7.13. The first kappa shape index (κ1) is 23.6. The molecular formula is C27H24N2O6S. The normalized spacial score (nSPS) is 15.7. The number of hydrogen-bond donors (Lipinski definition) is 1. The van der Waals surface area contributed by atoms with Gasteiger partial charge in [0.15, 0.2) is 28.0 Å². The van der Waals surface area contributed by atoms with Crippen molar-refractivity contribution in [2.45, 2.75) is 25.8 Å². The summed E-state index contributed by atoms with van der Waals surface area (Å²) in [6, 6.07) is 13.2. The smallest absolute Gasteiger partial charge is 0.296 e. The zero-order valence-electron chi connectivity index (χ0n) is 19.8. The number of amides is 1. The molecule has 0 saturated carbocycles. The summed E-state index contributed by atoms with van der Waals surface area (Å²) in [7, 11) is 1.51. The number of unbranched alkanes of at least 4 members (excludes halogenated alkanes) is 1. The van der Waals surface area contributed by atoms with Gasteiger partial charge >= 0.3 is 0 Å². The van der Waals surface area contributed by atoms with E-state index in [4.69, 9.17) is 13.9 Å². The third-order valence-electron chi connectivity index (χ3n) is 5.99. The number of Topliss-reactive ketones (excluding diaryl/α,β-unsaturated/α-hetero) is 1. The van der Waals surface area contributed by atoms with Crippen molar-refractivity contribution < 1.29 is 28.6 Å². The summed E-state index contributed by atoms with van der Waals surface area (Å²) in [6.07, 6.45) is 3.53. The van der Waals surface area contributed by atoms with Gasteiger partial charge in [0.25, 0.3) is 5.91 Å². The lowest BCUT2D eigenvalue weighted by Crippen LogP contribution is -2.30. The number of thiazole rings is 1. The number of carbonyl (C=O) groups excluding carboxylic acids is 2. The number of methoxy groups -OCH3 is 1. The van der Waals surface area contributed by atoms with Gasteiger partial charge in [-0.2, -0.15) is 0 Å². The van der Waals surface area contributed by atoms with Gasteiger partial charge in [0.05, 0.1) is 25.3 Å². The molecule has 1 atom stereocenters. The highest BCUT2D eigenvalue weighted by Crippen LogP contribution is 2.43. The number of carbonyl (C=O) groups is 2. The fourth-order valence-electron chi connectivity index (χ4n) is 4.21. The van der Waals surface area contributed by atoms with E-state index in [9.17, 15) is 14.7 Å². The van der Waals surface area contributed by atoms with Crippen molar-refractivity contribution in [2.24, 2.45) is 0 Å². The number of furan rings is 1. The second kappa shape index (κ2) is 9.87. The van der Waals surface area contributed by atoms with Crippen molar-refractivity contribution in [1.82, 2.24) is 4.98 Å². The van der Waals surface area contributed by atoms with E-state index >= 15 is 0 Å². The Morgan fingerprint density at radius 1 is 1.22 bits per heavy atom. The number of aliphatic hydroxyl groups excluding tert-OH is 1. The molecule has 0 spiro atoms. The van der Waals surface area contributed by atoms with E-state index in [1.54, 1.807) is 60.1 Å². The van der Waals surface area contributed by atoms with Crippen molar-refractivity contribution >= 4 is 39.1 Å². The zero-order valence-corrected chi connectivity index (χ0v) is 20.6. The van der Waals surface area contributed by atoms with Gasteiger partial charge in [0.1, 0.15) is 5.75 Å². The highest BCUT2D eigenvalue weighted by atomic mass is 32.1. The fourth-order valence-corrected chi connectivity index (χ4v) is 4.87. The van der Waals surface area contributed by atoms with Crippen molar-refractivity contribution in [3.05, 3.63) is 82.8 Å². The number of aromatic nitrogens is 1. The molecule has 1 aliphatic rings. The molecule has 0 radical (unpaired) electrons. The molecule has 1 N–H and O–H groups in total. The predicted molar refractivity (Wildman–Crippen MR) is 136 cm³/mol. The van der Waals surface area contributed by atoms with Crippen molar-refractivity contribution in [3.63, 3.8) is 0 Å². The molecule has 1 unspecified atom stereocenters. The van der Waals surface area contributed by atoms with E-state index in [1.807, 2.05) is 0 Å². The first-order valence-electron chi connectivity index (χ1n) is 11.5. The van der Waals surface area contributed by atoms with Crippen LogP contribution in [0.25, 0.3) is 11.0 Å². The minimum atomic E-state index is -0.893. The minimum Gasteiger partial charge on any atom is -0.503 e. The summed E-state index contributed by atoms with van der Waals surface area (Å²) in [6.45, 7) is 2.69. The van der Waals surface area contributed by atoms with Crippen LogP contribution in [0, 0.1) is 0 Å². The Balaban J connectivity index is 1.56. The Kier molecular flexibility index (Phi) is 6.47. The lowest BCUT2D eigenvalue weighted by atomic mass is 9.95. The maximum absolute atomic E-state index is 13.7.